The number of carbonyl (C=O) groups is 2. The largest absolute Gasteiger partial charge is 0.495 e. The summed E-state index contributed by atoms with van der Waals surface area (Å²) in [6.45, 7) is 3.29. The van der Waals surface area contributed by atoms with E-state index in [9.17, 15) is 9.59 Å². The summed E-state index contributed by atoms with van der Waals surface area (Å²) in [5.74, 6) is 0.464. The van der Waals surface area contributed by atoms with Gasteiger partial charge in [0.15, 0.2) is 5.82 Å². The molecule has 4 N–H and O–H groups in total. The van der Waals surface area contributed by atoms with Crippen LogP contribution in [0, 0.1) is 6.92 Å². The predicted octanol–water partition coefficient (Wildman–Crippen LogP) is 2.54. The molecule has 1 aliphatic rings. The fourth-order valence-electron chi connectivity index (χ4n) is 3.87. The first kappa shape index (κ1) is 23.1. The van der Waals surface area contributed by atoms with E-state index in [4.69, 9.17) is 4.74 Å². The van der Waals surface area contributed by atoms with Crippen LogP contribution in [-0.2, 0) is 6.42 Å². The number of pyridine rings is 1. The number of nitrogens with one attached hydrogen (secondary N) is 4. The molecule has 2 aromatic heterocycles. The van der Waals surface area contributed by atoms with Gasteiger partial charge in [0.1, 0.15) is 5.75 Å². The third-order valence-corrected chi connectivity index (χ3v) is 5.60. The standard InChI is InChI=1S/C24H27N7O3/c1-16-13-28-21(14-27-16)30-23(33)29-19-7-6-17(11-20(19)34-2)22(32)31-24(8-10-25-15-24)12-18-5-3-4-9-26-18/h3-7,9,11,13-14,25H,8,10,12,15H2,1-2H3,(H,31,32)(H2,28,29,30,33)/t24-/m0/s1. The van der Waals surface area contributed by atoms with Crippen molar-refractivity contribution in [3.05, 3.63) is 71.9 Å². The molecular weight excluding hydrogens is 434 g/mol. The lowest BCUT2D eigenvalue weighted by atomic mass is 9.91. The van der Waals surface area contributed by atoms with E-state index < -0.39 is 11.6 Å². The molecule has 1 fully saturated rings. The van der Waals surface area contributed by atoms with Crippen LogP contribution in [0.15, 0.2) is 55.0 Å². The molecular formula is C24H27N7O3. The molecule has 176 valence electrons. The maximum Gasteiger partial charge on any atom is 0.324 e. The molecule has 4 rings (SSSR count). The molecule has 10 heteroatoms. The highest BCUT2D eigenvalue weighted by molar-refractivity contribution is 6.01. The number of methoxy groups -OCH3 is 1. The molecule has 0 radical (unpaired) electrons. The van der Waals surface area contributed by atoms with Gasteiger partial charge in [-0.2, -0.15) is 0 Å². The minimum absolute atomic E-state index is 0.219. The molecule has 1 saturated heterocycles. The van der Waals surface area contributed by atoms with E-state index in [-0.39, 0.29) is 5.91 Å². The third kappa shape index (κ3) is 5.65. The number of carbonyl (C=O) groups excluding carboxylic acids is 2. The lowest BCUT2D eigenvalue weighted by Crippen LogP contribution is -2.51. The molecule has 0 unspecified atom stereocenters. The Morgan fingerprint density at radius 2 is 2.00 bits per heavy atom. The van der Waals surface area contributed by atoms with Crippen LogP contribution < -0.4 is 26.0 Å². The molecule has 0 bridgehead atoms. The van der Waals surface area contributed by atoms with Gasteiger partial charge in [0.25, 0.3) is 5.91 Å². The Morgan fingerprint density at radius 1 is 1.12 bits per heavy atom. The average Bonchev–Trinajstić information content (AvgIpc) is 3.29. The zero-order valence-electron chi connectivity index (χ0n) is 19.1. The topological polar surface area (TPSA) is 130 Å². The molecule has 3 heterocycles. The van der Waals surface area contributed by atoms with Crippen molar-refractivity contribution in [3.63, 3.8) is 0 Å². The van der Waals surface area contributed by atoms with Crippen LogP contribution >= 0.6 is 0 Å². The highest BCUT2D eigenvalue weighted by Crippen LogP contribution is 2.27. The van der Waals surface area contributed by atoms with Crippen molar-refractivity contribution < 1.29 is 14.3 Å². The average molecular weight is 462 g/mol. The molecule has 1 aromatic carbocycles. The van der Waals surface area contributed by atoms with Gasteiger partial charge in [-0.1, -0.05) is 6.07 Å². The zero-order chi connectivity index (χ0) is 24.0. The van der Waals surface area contributed by atoms with Crippen LogP contribution in [0.2, 0.25) is 0 Å². The van der Waals surface area contributed by atoms with Crippen LogP contribution in [-0.4, -0.2) is 52.6 Å². The van der Waals surface area contributed by atoms with Crippen molar-refractivity contribution in [1.82, 2.24) is 25.6 Å². The first-order valence-electron chi connectivity index (χ1n) is 10.9. The van der Waals surface area contributed by atoms with Gasteiger partial charge in [0.05, 0.1) is 36.4 Å². The molecule has 34 heavy (non-hydrogen) atoms. The summed E-state index contributed by atoms with van der Waals surface area (Å²) in [6.07, 6.45) is 6.22. The van der Waals surface area contributed by atoms with Gasteiger partial charge < -0.3 is 20.7 Å². The number of rotatable bonds is 7. The number of hydrogen-bond donors (Lipinski definition) is 4. The number of amides is 3. The smallest absolute Gasteiger partial charge is 0.324 e. The Bertz CT molecular complexity index is 1150. The molecule has 1 atom stereocenters. The number of benzene rings is 1. The number of ether oxygens (including phenoxy) is 1. The van der Waals surface area contributed by atoms with E-state index in [0.717, 1.165) is 24.4 Å². The summed E-state index contributed by atoms with van der Waals surface area (Å²) in [4.78, 5) is 38.1. The van der Waals surface area contributed by atoms with E-state index in [0.29, 0.717) is 35.8 Å². The molecule has 0 aliphatic carbocycles. The Labute approximate surface area is 197 Å². The first-order chi connectivity index (χ1) is 16.5. The van der Waals surface area contributed by atoms with Crippen LogP contribution in [0.4, 0.5) is 16.3 Å². The van der Waals surface area contributed by atoms with Gasteiger partial charge in [-0.25, -0.2) is 9.78 Å². The van der Waals surface area contributed by atoms with Gasteiger partial charge in [0.2, 0.25) is 0 Å². The second-order valence-corrected chi connectivity index (χ2v) is 8.20. The highest BCUT2D eigenvalue weighted by atomic mass is 16.5. The predicted molar refractivity (Wildman–Crippen MR) is 128 cm³/mol. The van der Waals surface area contributed by atoms with Crippen LogP contribution in [0.1, 0.15) is 28.2 Å². The minimum atomic E-state index is -0.500. The Morgan fingerprint density at radius 3 is 2.68 bits per heavy atom. The zero-order valence-corrected chi connectivity index (χ0v) is 19.1. The van der Waals surface area contributed by atoms with E-state index in [1.807, 2.05) is 25.1 Å². The van der Waals surface area contributed by atoms with Crippen molar-refractivity contribution in [2.75, 3.05) is 30.8 Å². The summed E-state index contributed by atoms with van der Waals surface area (Å²) in [6, 6.07) is 10.2. The number of hydrogen-bond acceptors (Lipinski definition) is 7. The Kier molecular flexibility index (Phi) is 6.98. The Hall–Kier alpha value is -4.05. The summed E-state index contributed by atoms with van der Waals surface area (Å²) in [5, 5.41) is 11.9. The van der Waals surface area contributed by atoms with E-state index in [1.54, 1.807) is 30.6 Å². The van der Waals surface area contributed by atoms with E-state index in [1.165, 1.54) is 13.3 Å². The highest BCUT2D eigenvalue weighted by Gasteiger charge is 2.36. The van der Waals surface area contributed by atoms with Crippen molar-refractivity contribution >= 4 is 23.4 Å². The van der Waals surface area contributed by atoms with Crippen molar-refractivity contribution in [1.29, 1.82) is 0 Å². The van der Waals surface area contributed by atoms with Gasteiger partial charge in [0, 0.05) is 30.4 Å². The minimum Gasteiger partial charge on any atom is -0.495 e. The number of aryl methyl sites for hydroxylation is 1. The maximum atomic E-state index is 13.1. The second kappa shape index (κ2) is 10.3. The van der Waals surface area contributed by atoms with Gasteiger partial charge in [-0.3, -0.25) is 20.1 Å². The van der Waals surface area contributed by atoms with E-state index >= 15 is 0 Å². The molecule has 0 spiro atoms. The SMILES string of the molecule is COc1cc(C(=O)N[C@]2(Cc3ccccn3)CCNC2)ccc1NC(=O)Nc1cnc(C)cn1. The number of nitrogens with zero attached hydrogens (tertiary/aromatic N) is 3. The molecule has 0 saturated carbocycles. The molecule has 10 nitrogen and oxygen atoms in total. The summed E-state index contributed by atoms with van der Waals surface area (Å²) in [5.41, 5.74) is 2.09. The third-order valence-electron chi connectivity index (χ3n) is 5.60. The molecule has 1 aliphatic heterocycles. The van der Waals surface area contributed by atoms with Crippen molar-refractivity contribution in [2.24, 2.45) is 0 Å². The fourth-order valence-corrected chi connectivity index (χ4v) is 3.87. The Balaban J connectivity index is 1.45. The molecule has 3 amide bonds. The van der Waals surface area contributed by atoms with Crippen LogP contribution in [0.25, 0.3) is 0 Å². The first-order valence-corrected chi connectivity index (χ1v) is 10.9. The summed E-state index contributed by atoms with van der Waals surface area (Å²) >= 11 is 0. The summed E-state index contributed by atoms with van der Waals surface area (Å²) in [7, 11) is 1.48. The second-order valence-electron chi connectivity index (χ2n) is 8.20. The maximum absolute atomic E-state index is 13.1. The lowest BCUT2D eigenvalue weighted by molar-refractivity contribution is 0.0904. The number of urea groups is 1. The van der Waals surface area contributed by atoms with Crippen molar-refractivity contribution in [2.45, 2.75) is 25.3 Å². The van der Waals surface area contributed by atoms with Crippen LogP contribution in [0.3, 0.4) is 0 Å². The van der Waals surface area contributed by atoms with Crippen molar-refractivity contribution in [3.8, 4) is 5.75 Å². The van der Waals surface area contributed by atoms with Gasteiger partial charge >= 0.3 is 6.03 Å². The molecule has 3 aromatic rings. The normalized spacial score (nSPS) is 17.1. The lowest BCUT2D eigenvalue weighted by Gasteiger charge is -2.29. The van der Waals surface area contributed by atoms with Gasteiger partial charge in [-0.15, -0.1) is 0 Å². The number of aromatic nitrogens is 3. The van der Waals surface area contributed by atoms with Gasteiger partial charge in [-0.05, 0) is 50.2 Å². The number of anilines is 2. The quantitative estimate of drug-likeness (QED) is 0.425. The monoisotopic (exact) mass is 461 g/mol. The fraction of sp³-hybridized carbons (Fsp3) is 0.292. The van der Waals surface area contributed by atoms with Crippen LogP contribution in [0.5, 0.6) is 5.75 Å². The van der Waals surface area contributed by atoms with E-state index in [2.05, 4.69) is 36.2 Å². The summed E-state index contributed by atoms with van der Waals surface area (Å²) < 4.78 is 5.42.